The van der Waals surface area contributed by atoms with Gasteiger partial charge in [-0.3, -0.25) is 4.79 Å². The maximum atomic E-state index is 12.1. The number of amides is 1. The fourth-order valence-electron chi connectivity index (χ4n) is 2.19. The summed E-state index contributed by atoms with van der Waals surface area (Å²) in [6.45, 7) is 2.96. The summed E-state index contributed by atoms with van der Waals surface area (Å²) in [5.41, 5.74) is 3.36. The lowest BCUT2D eigenvalue weighted by atomic mass is 10.2. The van der Waals surface area contributed by atoms with Crippen LogP contribution in [-0.2, 0) is 6.54 Å². The van der Waals surface area contributed by atoms with E-state index in [0.717, 1.165) is 23.3 Å². The van der Waals surface area contributed by atoms with Crippen molar-refractivity contribution in [3.63, 3.8) is 0 Å². The second-order valence-electron chi connectivity index (χ2n) is 4.55. The molecule has 0 aliphatic rings. The molecule has 0 aliphatic carbocycles. The summed E-state index contributed by atoms with van der Waals surface area (Å²) in [6, 6.07) is 14.9. The van der Waals surface area contributed by atoms with Gasteiger partial charge in [0.1, 0.15) is 0 Å². The molecule has 0 bridgehead atoms. The van der Waals surface area contributed by atoms with Gasteiger partial charge in [-0.2, -0.15) is 0 Å². The van der Waals surface area contributed by atoms with Gasteiger partial charge in [-0.1, -0.05) is 18.2 Å². The number of nitrogens with zero attached hydrogens (tertiary/aromatic N) is 2. The van der Waals surface area contributed by atoms with Gasteiger partial charge < -0.3 is 9.88 Å². The van der Waals surface area contributed by atoms with Crippen LogP contribution >= 0.6 is 0 Å². The fraction of sp³-hybridized carbons (Fsp3) is 0.125. The van der Waals surface area contributed by atoms with Crippen LogP contribution in [0.25, 0.3) is 11.0 Å². The molecule has 4 nitrogen and oxygen atoms in total. The van der Waals surface area contributed by atoms with E-state index in [-0.39, 0.29) is 5.91 Å². The quantitative estimate of drug-likeness (QED) is 0.789. The Kier molecular flexibility index (Phi) is 3.21. The first-order valence-corrected chi connectivity index (χ1v) is 6.59. The highest BCUT2D eigenvalue weighted by atomic mass is 16.1. The molecule has 0 fully saturated rings. The summed E-state index contributed by atoms with van der Waals surface area (Å²) >= 11 is 0. The van der Waals surface area contributed by atoms with Crippen LogP contribution in [0.2, 0.25) is 0 Å². The normalized spacial score (nSPS) is 10.7. The molecule has 0 unspecified atom stereocenters. The lowest BCUT2D eigenvalue weighted by Gasteiger charge is -2.05. The smallest absolute Gasteiger partial charge is 0.255 e. The van der Waals surface area contributed by atoms with Gasteiger partial charge in [0.15, 0.2) is 0 Å². The lowest BCUT2D eigenvalue weighted by molar-refractivity contribution is 0.102. The molecule has 0 spiro atoms. The molecule has 0 saturated heterocycles. The summed E-state index contributed by atoms with van der Waals surface area (Å²) in [4.78, 5) is 16.4. The van der Waals surface area contributed by atoms with Crippen molar-refractivity contribution in [3.8, 4) is 0 Å². The van der Waals surface area contributed by atoms with E-state index in [4.69, 9.17) is 0 Å². The fourth-order valence-corrected chi connectivity index (χ4v) is 2.19. The van der Waals surface area contributed by atoms with E-state index in [9.17, 15) is 4.79 Å². The molecule has 0 atom stereocenters. The van der Waals surface area contributed by atoms with E-state index in [1.54, 1.807) is 12.1 Å². The first-order chi connectivity index (χ1) is 9.78. The molecule has 1 amide bonds. The molecule has 2 aromatic carbocycles. The van der Waals surface area contributed by atoms with Crippen molar-refractivity contribution in [2.45, 2.75) is 13.5 Å². The Morgan fingerprint density at radius 1 is 1.20 bits per heavy atom. The van der Waals surface area contributed by atoms with Crippen molar-refractivity contribution in [3.05, 3.63) is 60.4 Å². The van der Waals surface area contributed by atoms with Gasteiger partial charge >= 0.3 is 0 Å². The van der Waals surface area contributed by atoms with Crippen LogP contribution in [0.1, 0.15) is 17.3 Å². The number of benzene rings is 2. The molecule has 3 aromatic rings. The third kappa shape index (κ3) is 2.28. The average molecular weight is 265 g/mol. The largest absolute Gasteiger partial charge is 0.331 e. The minimum atomic E-state index is -0.111. The summed E-state index contributed by atoms with van der Waals surface area (Å²) in [7, 11) is 0. The van der Waals surface area contributed by atoms with Gasteiger partial charge in [0.2, 0.25) is 0 Å². The van der Waals surface area contributed by atoms with Crippen molar-refractivity contribution >= 4 is 22.6 Å². The van der Waals surface area contributed by atoms with Crippen molar-refractivity contribution < 1.29 is 4.79 Å². The third-order valence-corrected chi connectivity index (χ3v) is 3.26. The summed E-state index contributed by atoms with van der Waals surface area (Å²) in [5, 5.41) is 2.89. The monoisotopic (exact) mass is 265 g/mol. The number of hydrogen-bond acceptors (Lipinski definition) is 2. The molecule has 1 N–H and O–H groups in total. The van der Waals surface area contributed by atoms with Gasteiger partial charge in [-0.15, -0.1) is 0 Å². The SMILES string of the molecule is CCn1cnc2cc(NC(=O)c3ccccc3)ccc21. The minimum Gasteiger partial charge on any atom is -0.331 e. The van der Waals surface area contributed by atoms with Gasteiger partial charge in [0.25, 0.3) is 5.91 Å². The number of imidazole rings is 1. The third-order valence-electron chi connectivity index (χ3n) is 3.26. The van der Waals surface area contributed by atoms with E-state index in [1.165, 1.54) is 0 Å². The number of aryl methyl sites for hydroxylation is 1. The number of rotatable bonds is 3. The number of carbonyl (C=O) groups excluding carboxylic acids is 1. The van der Waals surface area contributed by atoms with Crippen molar-refractivity contribution in [1.29, 1.82) is 0 Å². The van der Waals surface area contributed by atoms with Crippen LogP contribution in [0.3, 0.4) is 0 Å². The molecule has 3 rings (SSSR count). The Hall–Kier alpha value is -2.62. The second-order valence-corrected chi connectivity index (χ2v) is 4.55. The average Bonchev–Trinajstić information content (AvgIpc) is 2.90. The molecular formula is C16H15N3O. The maximum absolute atomic E-state index is 12.1. The van der Waals surface area contributed by atoms with Gasteiger partial charge in [0, 0.05) is 17.8 Å². The zero-order valence-electron chi connectivity index (χ0n) is 11.2. The van der Waals surface area contributed by atoms with Crippen LogP contribution in [-0.4, -0.2) is 15.5 Å². The van der Waals surface area contributed by atoms with E-state index < -0.39 is 0 Å². The maximum Gasteiger partial charge on any atom is 0.255 e. The van der Waals surface area contributed by atoms with E-state index in [2.05, 4.69) is 21.8 Å². The Morgan fingerprint density at radius 2 is 2.00 bits per heavy atom. The molecular weight excluding hydrogens is 250 g/mol. The lowest BCUT2D eigenvalue weighted by Crippen LogP contribution is -2.11. The van der Waals surface area contributed by atoms with Crippen LogP contribution in [0, 0.1) is 0 Å². The molecule has 0 saturated carbocycles. The first kappa shape index (κ1) is 12.4. The van der Waals surface area contributed by atoms with Crippen LogP contribution in [0.5, 0.6) is 0 Å². The highest BCUT2D eigenvalue weighted by molar-refractivity contribution is 6.04. The van der Waals surface area contributed by atoms with Gasteiger partial charge in [-0.05, 0) is 37.3 Å². The van der Waals surface area contributed by atoms with Crippen molar-refractivity contribution in [2.75, 3.05) is 5.32 Å². The predicted octanol–water partition coefficient (Wildman–Crippen LogP) is 3.31. The Balaban J connectivity index is 1.86. The first-order valence-electron chi connectivity index (χ1n) is 6.59. The molecule has 100 valence electrons. The summed E-state index contributed by atoms with van der Waals surface area (Å²) in [6.07, 6.45) is 1.81. The van der Waals surface area contributed by atoms with Gasteiger partial charge in [0.05, 0.1) is 17.4 Å². The van der Waals surface area contributed by atoms with Crippen LogP contribution < -0.4 is 5.32 Å². The van der Waals surface area contributed by atoms with E-state index in [0.29, 0.717) is 5.56 Å². The number of carbonyl (C=O) groups is 1. The molecule has 0 aliphatic heterocycles. The van der Waals surface area contributed by atoms with E-state index >= 15 is 0 Å². The number of anilines is 1. The number of fused-ring (bicyclic) bond motifs is 1. The molecule has 1 heterocycles. The van der Waals surface area contributed by atoms with Gasteiger partial charge in [-0.25, -0.2) is 4.98 Å². The van der Waals surface area contributed by atoms with Crippen LogP contribution in [0.4, 0.5) is 5.69 Å². The summed E-state index contributed by atoms with van der Waals surface area (Å²) in [5.74, 6) is -0.111. The number of nitrogens with one attached hydrogen (secondary N) is 1. The highest BCUT2D eigenvalue weighted by Crippen LogP contribution is 2.18. The van der Waals surface area contributed by atoms with Crippen molar-refractivity contribution in [2.24, 2.45) is 0 Å². The Labute approximate surface area is 117 Å². The van der Waals surface area contributed by atoms with E-state index in [1.807, 2.05) is 42.7 Å². The summed E-state index contributed by atoms with van der Waals surface area (Å²) < 4.78 is 2.07. The Morgan fingerprint density at radius 3 is 2.75 bits per heavy atom. The standard InChI is InChI=1S/C16H15N3O/c1-2-19-11-17-14-10-13(8-9-15(14)19)18-16(20)12-6-4-3-5-7-12/h3-11H,2H2,1H3,(H,18,20). The molecule has 1 aromatic heterocycles. The molecule has 0 radical (unpaired) electrons. The number of hydrogen-bond donors (Lipinski definition) is 1. The number of aromatic nitrogens is 2. The topological polar surface area (TPSA) is 46.9 Å². The Bertz CT molecular complexity index is 747. The van der Waals surface area contributed by atoms with Crippen molar-refractivity contribution in [1.82, 2.24) is 9.55 Å². The van der Waals surface area contributed by atoms with Crippen LogP contribution in [0.15, 0.2) is 54.9 Å². The minimum absolute atomic E-state index is 0.111. The highest BCUT2D eigenvalue weighted by Gasteiger charge is 2.07. The predicted molar refractivity (Wildman–Crippen MR) is 79.8 cm³/mol. The second kappa shape index (κ2) is 5.17. The molecule has 20 heavy (non-hydrogen) atoms. The molecule has 4 heteroatoms. The zero-order valence-corrected chi connectivity index (χ0v) is 11.2. The zero-order chi connectivity index (χ0) is 13.9.